The maximum atomic E-state index is 13.0. The Labute approximate surface area is 195 Å². The molecular formula is C27H32N4O2. The summed E-state index contributed by atoms with van der Waals surface area (Å²) in [5.41, 5.74) is 5.41. The number of likely N-dealkylation sites (N-methyl/N-ethyl adjacent to an activating group) is 1. The Morgan fingerprint density at radius 3 is 2.55 bits per heavy atom. The summed E-state index contributed by atoms with van der Waals surface area (Å²) >= 11 is 0. The van der Waals surface area contributed by atoms with E-state index >= 15 is 0 Å². The van der Waals surface area contributed by atoms with Gasteiger partial charge in [0.2, 0.25) is 0 Å². The summed E-state index contributed by atoms with van der Waals surface area (Å²) in [7, 11) is 3.71. The topological polar surface area (TPSA) is 61.6 Å². The van der Waals surface area contributed by atoms with Gasteiger partial charge in [0.05, 0.1) is 7.11 Å². The first-order valence-corrected chi connectivity index (χ1v) is 11.5. The molecule has 3 aromatic rings. The van der Waals surface area contributed by atoms with Gasteiger partial charge in [0, 0.05) is 55.6 Å². The monoisotopic (exact) mass is 444 g/mol. The highest BCUT2D eigenvalue weighted by molar-refractivity contribution is 5.87. The van der Waals surface area contributed by atoms with Crippen molar-refractivity contribution in [3.63, 3.8) is 0 Å². The summed E-state index contributed by atoms with van der Waals surface area (Å²) in [5.74, 6) is 0.800. The first-order valence-electron chi connectivity index (χ1n) is 11.5. The first kappa shape index (κ1) is 22.8. The molecule has 0 aliphatic carbocycles. The summed E-state index contributed by atoms with van der Waals surface area (Å²) < 4.78 is 6.91. The fourth-order valence-corrected chi connectivity index (χ4v) is 4.52. The molecule has 0 atom stereocenters. The number of rotatable bonds is 8. The average molecular weight is 445 g/mol. The number of methoxy groups -OCH3 is 1. The van der Waals surface area contributed by atoms with Crippen molar-refractivity contribution in [2.45, 2.75) is 19.8 Å². The van der Waals surface area contributed by atoms with Gasteiger partial charge in [-0.15, -0.1) is 0 Å². The van der Waals surface area contributed by atoms with Crippen molar-refractivity contribution in [2.24, 2.45) is 0 Å². The molecule has 0 bridgehead atoms. The van der Waals surface area contributed by atoms with Gasteiger partial charge in [-0.1, -0.05) is 6.07 Å². The molecule has 1 aliphatic heterocycles. The van der Waals surface area contributed by atoms with Crippen LogP contribution in [0.1, 0.15) is 24.0 Å². The van der Waals surface area contributed by atoms with Crippen LogP contribution >= 0.6 is 0 Å². The number of nitrogens with one attached hydrogen (secondary N) is 1. The van der Waals surface area contributed by atoms with Gasteiger partial charge in [-0.2, -0.15) is 0 Å². The second kappa shape index (κ2) is 10.0. The van der Waals surface area contributed by atoms with Crippen LogP contribution < -0.4 is 15.2 Å². The molecule has 33 heavy (non-hydrogen) atoms. The summed E-state index contributed by atoms with van der Waals surface area (Å²) in [4.78, 5) is 17.7. The van der Waals surface area contributed by atoms with Crippen LogP contribution in [-0.4, -0.2) is 56.0 Å². The molecular weight excluding hydrogens is 412 g/mol. The SMILES string of the molecule is COc1ccc(-c2ccn(-c3ccc(N(C)CCN4CCCC4)c(C=N)c3)c(=O)c2)c(C)c1. The highest BCUT2D eigenvalue weighted by atomic mass is 16.5. The number of anilines is 1. The van der Waals surface area contributed by atoms with E-state index in [0.29, 0.717) is 0 Å². The van der Waals surface area contributed by atoms with Crippen LogP contribution in [0.2, 0.25) is 0 Å². The first-order chi connectivity index (χ1) is 16.0. The van der Waals surface area contributed by atoms with Gasteiger partial charge < -0.3 is 19.9 Å². The smallest absolute Gasteiger partial charge is 0.255 e. The molecule has 1 aromatic heterocycles. The predicted octanol–water partition coefficient (Wildman–Crippen LogP) is 4.35. The summed E-state index contributed by atoms with van der Waals surface area (Å²) in [5, 5.41) is 7.93. The molecule has 1 saturated heterocycles. The van der Waals surface area contributed by atoms with Crippen LogP contribution in [0, 0.1) is 12.3 Å². The molecule has 0 radical (unpaired) electrons. The molecule has 4 rings (SSSR count). The zero-order valence-electron chi connectivity index (χ0n) is 19.7. The Bertz CT molecular complexity index is 1190. The van der Waals surface area contributed by atoms with Crippen molar-refractivity contribution < 1.29 is 4.74 Å². The van der Waals surface area contributed by atoms with Crippen molar-refractivity contribution in [3.8, 4) is 22.6 Å². The number of pyridine rings is 1. The zero-order valence-corrected chi connectivity index (χ0v) is 19.7. The Hall–Kier alpha value is -3.38. The molecule has 0 spiro atoms. The lowest BCUT2D eigenvalue weighted by molar-refractivity contribution is 0.346. The maximum Gasteiger partial charge on any atom is 0.255 e. The Morgan fingerprint density at radius 1 is 1.09 bits per heavy atom. The van der Waals surface area contributed by atoms with Crippen LogP contribution in [-0.2, 0) is 0 Å². The minimum atomic E-state index is -0.103. The van der Waals surface area contributed by atoms with Gasteiger partial charge in [-0.25, -0.2) is 0 Å². The van der Waals surface area contributed by atoms with Crippen LogP contribution in [0.25, 0.3) is 16.8 Å². The van der Waals surface area contributed by atoms with Crippen LogP contribution in [0.5, 0.6) is 5.75 Å². The number of aryl methyl sites for hydroxylation is 1. The van der Waals surface area contributed by atoms with Crippen LogP contribution in [0.4, 0.5) is 5.69 Å². The average Bonchev–Trinajstić information content (AvgIpc) is 3.35. The lowest BCUT2D eigenvalue weighted by Gasteiger charge is -2.25. The van der Waals surface area contributed by atoms with Crippen molar-refractivity contribution in [2.75, 3.05) is 45.2 Å². The Balaban J connectivity index is 1.57. The summed E-state index contributed by atoms with van der Waals surface area (Å²) in [6.45, 7) is 6.31. The van der Waals surface area contributed by atoms with E-state index in [1.807, 2.05) is 49.4 Å². The number of aromatic nitrogens is 1. The number of hydrogen-bond acceptors (Lipinski definition) is 5. The molecule has 0 saturated carbocycles. The fourth-order valence-electron chi connectivity index (χ4n) is 4.52. The highest BCUT2D eigenvalue weighted by Crippen LogP contribution is 2.27. The van der Waals surface area contributed by atoms with E-state index in [-0.39, 0.29) is 5.56 Å². The maximum absolute atomic E-state index is 13.0. The van der Waals surface area contributed by atoms with E-state index in [1.54, 1.807) is 23.9 Å². The normalized spacial score (nSPS) is 13.8. The molecule has 0 amide bonds. The van der Waals surface area contributed by atoms with Crippen LogP contribution in [0.15, 0.2) is 59.5 Å². The number of nitrogens with zero attached hydrogens (tertiary/aromatic N) is 3. The van der Waals surface area contributed by atoms with Crippen molar-refractivity contribution in [3.05, 3.63) is 76.2 Å². The number of ether oxygens (including phenoxy) is 1. The third kappa shape index (κ3) is 5.01. The minimum Gasteiger partial charge on any atom is -0.497 e. The lowest BCUT2D eigenvalue weighted by atomic mass is 10.0. The van der Waals surface area contributed by atoms with Gasteiger partial charge in [-0.05, 0) is 85.9 Å². The molecule has 6 nitrogen and oxygen atoms in total. The van der Waals surface area contributed by atoms with E-state index in [1.165, 1.54) is 32.1 Å². The summed E-state index contributed by atoms with van der Waals surface area (Å²) in [6.07, 6.45) is 5.75. The standard InChI is InChI=1S/C27H32N4O2/c1-20-16-24(33-3)7-8-25(20)21-10-13-31(27(32)18-21)23-6-9-26(22(17-23)19-28)29(2)14-15-30-11-4-5-12-30/h6-10,13,16-19,28H,4-5,11-12,14-15H2,1-3H3. The largest absolute Gasteiger partial charge is 0.497 e. The van der Waals surface area contributed by atoms with E-state index in [4.69, 9.17) is 10.1 Å². The Kier molecular flexibility index (Phi) is 6.94. The molecule has 1 fully saturated rings. The Morgan fingerprint density at radius 2 is 1.88 bits per heavy atom. The molecule has 0 unspecified atom stereocenters. The minimum absolute atomic E-state index is 0.103. The third-order valence-electron chi connectivity index (χ3n) is 6.47. The number of hydrogen-bond donors (Lipinski definition) is 1. The molecule has 6 heteroatoms. The van der Waals surface area contributed by atoms with E-state index in [9.17, 15) is 4.79 Å². The fraction of sp³-hybridized carbons (Fsp3) is 0.333. The van der Waals surface area contributed by atoms with E-state index in [2.05, 4.69) is 16.8 Å². The summed E-state index contributed by atoms with van der Waals surface area (Å²) in [6, 6.07) is 15.3. The quantitative estimate of drug-likeness (QED) is 0.525. The second-order valence-corrected chi connectivity index (χ2v) is 8.66. The predicted molar refractivity (Wildman–Crippen MR) is 136 cm³/mol. The lowest BCUT2D eigenvalue weighted by Crippen LogP contribution is -2.31. The van der Waals surface area contributed by atoms with Gasteiger partial charge in [0.15, 0.2) is 0 Å². The molecule has 2 heterocycles. The van der Waals surface area contributed by atoms with Crippen molar-refractivity contribution in [1.29, 1.82) is 5.41 Å². The second-order valence-electron chi connectivity index (χ2n) is 8.66. The van der Waals surface area contributed by atoms with Crippen molar-refractivity contribution in [1.82, 2.24) is 9.47 Å². The van der Waals surface area contributed by atoms with Gasteiger partial charge in [-0.3, -0.25) is 9.36 Å². The third-order valence-corrected chi connectivity index (χ3v) is 6.47. The molecule has 1 aliphatic rings. The zero-order chi connectivity index (χ0) is 23.4. The number of likely N-dealkylation sites (tertiary alicyclic amines) is 1. The molecule has 2 aromatic carbocycles. The van der Waals surface area contributed by atoms with Gasteiger partial charge >= 0.3 is 0 Å². The van der Waals surface area contributed by atoms with Crippen molar-refractivity contribution >= 4 is 11.9 Å². The van der Waals surface area contributed by atoms with E-state index in [0.717, 1.165) is 52.5 Å². The van der Waals surface area contributed by atoms with E-state index < -0.39 is 0 Å². The van der Waals surface area contributed by atoms with Gasteiger partial charge in [0.1, 0.15) is 5.75 Å². The van der Waals surface area contributed by atoms with Crippen LogP contribution in [0.3, 0.4) is 0 Å². The number of benzene rings is 2. The molecule has 1 N–H and O–H groups in total. The highest BCUT2D eigenvalue weighted by Gasteiger charge is 2.14. The van der Waals surface area contributed by atoms with Gasteiger partial charge in [0.25, 0.3) is 5.56 Å². The molecule has 172 valence electrons.